The number of benzene rings is 1. The summed E-state index contributed by atoms with van der Waals surface area (Å²) in [6.07, 6.45) is 3.28. The first kappa shape index (κ1) is 16.7. The standard InChI is InChI=1S/C17H20N6O2/c1-9-7-11(8-10(2)14(9)25-6-4-18)23-13(16(20)22-17(23)24)12-3-5-21-15(12)19/h3,5,7-8,12,15,21H,6,19-20H2,1-2H3,(H,22,24). The van der Waals surface area contributed by atoms with E-state index in [9.17, 15) is 4.79 Å². The van der Waals surface area contributed by atoms with Gasteiger partial charge in [-0.05, 0) is 43.3 Å². The van der Waals surface area contributed by atoms with Gasteiger partial charge in [-0.3, -0.25) is 9.55 Å². The number of imidazole rings is 1. The van der Waals surface area contributed by atoms with Crippen LogP contribution >= 0.6 is 0 Å². The lowest BCUT2D eigenvalue weighted by atomic mass is 10.0. The number of ether oxygens (including phenoxy) is 1. The molecule has 8 heteroatoms. The Labute approximate surface area is 144 Å². The van der Waals surface area contributed by atoms with Gasteiger partial charge in [-0.1, -0.05) is 6.08 Å². The third kappa shape index (κ3) is 2.86. The number of nitrogens with zero attached hydrogens (tertiary/aromatic N) is 2. The number of nitrogens with two attached hydrogens (primary N) is 2. The average Bonchev–Trinajstić information content (AvgIpc) is 3.08. The fourth-order valence-electron chi connectivity index (χ4n) is 3.19. The molecule has 3 rings (SSSR count). The summed E-state index contributed by atoms with van der Waals surface area (Å²) < 4.78 is 7.00. The van der Waals surface area contributed by atoms with Gasteiger partial charge in [0.25, 0.3) is 0 Å². The smallest absolute Gasteiger partial charge is 0.331 e. The molecular formula is C17H20N6O2. The third-order valence-corrected chi connectivity index (χ3v) is 4.24. The highest BCUT2D eigenvalue weighted by molar-refractivity contribution is 5.53. The van der Waals surface area contributed by atoms with Gasteiger partial charge < -0.3 is 21.5 Å². The second kappa shape index (κ2) is 6.37. The van der Waals surface area contributed by atoms with E-state index in [1.54, 1.807) is 6.20 Å². The van der Waals surface area contributed by atoms with E-state index in [-0.39, 0.29) is 24.4 Å². The molecular weight excluding hydrogens is 320 g/mol. The molecule has 6 N–H and O–H groups in total. The number of aryl methyl sites for hydroxylation is 2. The molecule has 0 amide bonds. The van der Waals surface area contributed by atoms with Crippen molar-refractivity contribution in [3.8, 4) is 17.5 Å². The van der Waals surface area contributed by atoms with Crippen molar-refractivity contribution in [3.05, 3.63) is 51.7 Å². The number of nitrogens with one attached hydrogen (secondary N) is 2. The van der Waals surface area contributed by atoms with E-state index in [2.05, 4.69) is 10.3 Å². The van der Waals surface area contributed by atoms with E-state index < -0.39 is 0 Å². The minimum absolute atomic E-state index is 0.0310. The molecule has 130 valence electrons. The number of nitriles is 1. The van der Waals surface area contributed by atoms with Crippen LogP contribution in [0.1, 0.15) is 22.7 Å². The molecule has 0 saturated heterocycles. The van der Waals surface area contributed by atoms with Crippen molar-refractivity contribution in [1.82, 2.24) is 14.9 Å². The van der Waals surface area contributed by atoms with Gasteiger partial charge in [0.05, 0.1) is 23.5 Å². The lowest BCUT2D eigenvalue weighted by molar-refractivity contribution is 0.363. The number of hydrogen-bond donors (Lipinski definition) is 4. The van der Waals surface area contributed by atoms with Crippen LogP contribution in [0.15, 0.2) is 29.2 Å². The minimum Gasteiger partial charge on any atom is -0.478 e. The van der Waals surface area contributed by atoms with Crippen LogP contribution in [-0.2, 0) is 0 Å². The zero-order valence-electron chi connectivity index (χ0n) is 14.0. The second-order valence-corrected chi connectivity index (χ2v) is 6.00. The number of rotatable bonds is 4. The van der Waals surface area contributed by atoms with Gasteiger partial charge in [-0.25, -0.2) is 4.79 Å². The van der Waals surface area contributed by atoms with Crippen molar-refractivity contribution in [2.75, 3.05) is 12.3 Å². The van der Waals surface area contributed by atoms with Crippen LogP contribution in [0.3, 0.4) is 0 Å². The first-order valence-electron chi connectivity index (χ1n) is 7.84. The zero-order chi connectivity index (χ0) is 18.1. The fraction of sp³-hybridized carbons (Fsp3) is 0.294. The summed E-state index contributed by atoms with van der Waals surface area (Å²) in [7, 11) is 0. The number of anilines is 1. The van der Waals surface area contributed by atoms with Crippen LogP contribution < -0.4 is 27.2 Å². The normalized spacial score (nSPS) is 18.8. The molecule has 25 heavy (non-hydrogen) atoms. The molecule has 1 aromatic carbocycles. The topological polar surface area (TPSA) is 135 Å². The minimum atomic E-state index is -0.357. The number of aromatic amines is 1. The fourth-order valence-corrected chi connectivity index (χ4v) is 3.19. The lowest BCUT2D eigenvalue weighted by Crippen LogP contribution is -2.36. The molecule has 0 saturated carbocycles. The van der Waals surface area contributed by atoms with Gasteiger partial charge in [0.1, 0.15) is 17.6 Å². The summed E-state index contributed by atoms with van der Waals surface area (Å²) in [5.74, 6) is 0.704. The van der Waals surface area contributed by atoms with Gasteiger partial charge in [-0.2, -0.15) is 5.26 Å². The number of H-pyrrole nitrogens is 1. The third-order valence-electron chi connectivity index (χ3n) is 4.24. The van der Waals surface area contributed by atoms with Gasteiger partial charge in [-0.15, -0.1) is 0 Å². The van der Waals surface area contributed by atoms with E-state index in [0.29, 0.717) is 22.9 Å². The van der Waals surface area contributed by atoms with E-state index in [0.717, 1.165) is 11.1 Å². The molecule has 2 aromatic rings. The monoisotopic (exact) mass is 340 g/mol. The maximum absolute atomic E-state index is 12.5. The molecule has 1 aromatic heterocycles. The van der Waals surface area contributed by atoms with Crippen molar-refractivity contribution < 1.29 is 4.74 Å². The highest BCUT2D eigenvalue weighted by atomic mass is 16.5. The Kier molecular flexibility index (Phi) is 4.25. The molecule has 2 atom stereocenters. The van der Waals surface area contributed by atoms with Crippen molar-refractivity contribution in [2.45, 2.75) is 25.9 Å². The zero-order valence-corrected chi connectivity index (χ0v) is 14.0. The predicted octanol–water partition coefficient (Wildman–Crippen LogP) is 0.752. The van der Waals surface area contributed by atoms with E-state index in [4.69, 9.17) is 21.5 Å². The van der Waals surface area contributed by atoms with E-state index >= 15 is 0 Å². The summed E-state index contributed by atoms with van der Waals surface area (Å²) in [4.78, 5) is 15.1. The Balaban J connectivity index is 2.13. The van der Waals surface area contributed by atoms with Crippen LogP contribution in [0.25, 0.3) is 5.69 Å². The van der Waals surface area contributed by atoms with Crippen LogP contribution in [0.4, 0.5) is 5.82 Å². The molecule has 0 bridgehead atoms. The SMILES string of the molecule is Cc1cc(-n2c(C3C=CNC3N)c(N)[nH]c2=O)cc(C)c1OCC#N. The maximum Gasteiger partial charge on any atom is 0.331 e. The highest BCUT2D eigenvalue weighted by Gasteiger charge is 2.28. The first-order valence-corrected chi connectivity index (χ1v) is 7.84. The van der Waals surface area contributed by atoms with Crippen molar-refractivity contribution in [3.63, 3.8) is 0 Å². The lowest BCUT2D eigenvalue weighted by Gasteiger charge is -2.19. The second-order valence-electron chi connectivity index (χ2n) is 6.00. The Morgan fingerprint density at radius 3 is 2.60 bits per heavy atom. The van der Waals surface area contributed by atoms with Crippen LogP contribution in [-0.4, -0.2) is 22.3 Å². The summed E-state index contributed by atoms with van der Waals surface area (Å²) in [6, 6.07) is 5.61. The highest BCUT2D eigenvalue weighted by Crippen LogP contribution is 2.31. The van der Waals surface area contributed by atoms with Gasteiger partial charge >= 0.3 is 5.69 Å². The van der Waals surface area contributed by atoms with Crippen LogP contribution in [0, 0.1) is 25.2 Å². The predicted molar refractivity (Wildman–Crippen MR) is 94.4 cm³/mol. The number of aromatic nitrogens is 2. The number of hydrogen-bond acceptors (Lipinski definition) is 6. The summed E-state index contributed by atoms with van der Waals surface area (Å²) in [5, 5.41) is 11.7. The van der Waals surface area contributed by atoms with Gasteiger partial charge in [0.15, 0.2) is 6.61 Å². The van der Waals surface area contributed by atoms with Crippen molar-refractivity contribution in [1.29, 1.82) is 5.26 Å². The molecule has 1 aliphatic heterocycles. The van der Waals surface area contributed by atoms with E-state index in [1.807, 2.05) is 38.1 Å². The molecule has 8 nitrogen and oxygen atoms in total. The Morgan fingerprint density at radius 2 is 2.04 bits per heavy atom. The Bertz CT molecular complexity index is 911. The molecule has 0 fully saturated rings. The molecule has 0 aliphatic carbocycles. The quantitative estimate of drug-likeness (QED) is 0.649. The molecule has 0 radical (unpaired) electrons. The summed E-state index contributed by atoms with van der Waals surface area (Å²) in [5.41, 5.74) is 14.7. The molecule has 1 aliphatic rings. The summed E-state index contributed by atoms with van der Waals surface area (Å²) >= 11 is 0. The van der Waals surface area contributed by atoms with E-state index in [1.165, 1.54) is 4.57 Å². The molecule has 2 heterocycles. The maximum atomic E-state index is 12.5. The number of nitrogen functional groups attached to an aromatic ring is 1. The first-order chi connectivity index (χ1) is 11.9. The largest absolute Gasteiger partial charge is 0.478 e. The summed E-state index contributed by atoms with van der Waals surface area (Å²) in [6.45, 7) is 3.70. The molecule has 2 unspecified atom stereocenters. The Morgan fingerprint density at radius 1 is 1.36 bits per heavy atom. The Hall–Kier alpha value is -3.18. The van der Waals surface area contributed by atoms with Crippen LogP contribution in [0.2, 0.25) is 0 Å². The molecule has 0 spiro atoms. The van der Waals surface area contributed by atoms with Gasteiger partial charge in [0.2, 0.25) is 0 Å². The van der Waals surface area contributed by atoms with Crippen molar-refractivity contribution in [2.24, 2.45) is 5.73 Å². The van der Waals surface area contributed by atoms with Crippen molar-refractivity contribution >= 4 is 5.82 Å². The van der Waals surface area contributed by atoms with Gasteiger partial charge in [0, 0.05) is 0 Å². The van der Waals surface area contributed by atoms with Crippen LogP contribution in [0.5, 0.6) is 5.75 Å². The average molecular weight is 340 g/mol.